The second-order valence-electron chi connectivity index (χ2n) is 7.60. The highest BCUT2D eigenvalue weighted by Crippen LogP contribution is 2.25. The number of benzene rings is 1. The molecule has 0 unspecified atom stereocenters. The van der Waals surface area contributed by atoms with E-state index in [1.165, 1.54) is 16.1 Å². The number of hydrogen-bond acceptors (Lipinski definition) is 7. The van der Waals surface area contributed by atoms with Gasteiger partial charge in [0.05, 0.1) is 28.4 Å². The number of primary amides is 1. The van der Waals surface area contributed by atoms with E-state index in [0.29, 0.717) is 24.7 Å². The molecular weight excluding hydrogens is 457 g/mol. The van der Waals surface area contributed by atoms with E-state index in [9.17, 15) is 18.8 Å². The number of pyridine rings is 1. The molecule has 12 nitrogen and oxygen atoms in total. The van der Waals surface area contributed by atoms with Crippen LogP contribution < -0.4 is 16.6 Å². The number of ketones is 1. The molecule has 2 amide bonds. The number of carbonyl (C=O) groups excluding carboxylic acids is 3. The number of amides is 2. The molecule has 1 aliphatic heterocycles. The normalized spacial score (nSPS) is 14.1. The first-order chi connectivity index (χ1) is 16.9. The van der Waals surface area contributed by atoms with Crippen LogP contribution in [0.2, 0.25) is 0 Å². The number of Topliss-reactive ketones (excluding diaryl/α,β-unsaturated/α-hetero) is 1. The molecule has 1 aromatic carbocycles. The van der Waals surface area contributed by atoms with Crippen molar-refractivity contribution in [3.05, 3.63) is 59.8 Å². The van der Waals surface area contributed by atoms with Crippen LogP contribution in [0, 0.1) is 5.82 Å². The molecule has 0 radical (unpaired) electrons. The number of nitrogens with two attached hydrogens (primary N) is 2. The summed E-state index contributed by atoms with van der Waals surface area (Å²) in [7, 11) is 0. The fourth-order valence-corrected chi connectivity index (χ4v) is 3.94. The van der Waals surface area contributed by atoms with Gasteiger partial charge >= 0.3 is 0 Å². The second-order valence-corrected chi connectivity index (χ2v) is 7.60. The molecule has 2 aromatic heterocycles. The van der Waals surface area contributed by atoms with E-state index in [2.05, 4.69) is 26.9 Å². The molecule has 0 bridgehead atoms. The fraction of sp³-hybridized carbons (Fsp3) is 0.182. The molecule has 180 valence electrons. The predicted octanol–water partition coefficient (Wildman–Crippen LogP) is 0.480. The smallest absolute Gasteiger partial charge is 0.295 e. The molecular formula is C22H22FN9O3. The summed E-state index contributed by atoms with van der Waals surface area (Å²) in [5, 5.41) is 9.11. The Labute approximate surface area is 198 Å². The summed E-state index contributed by atoms with van der Waals surface area (Å²) < 4.78 is 14.5. The van der Waals surface area contributed by atoms with Gasteiger partial charge in [-0.15, -0.1) is 5.10 Å². The predicted molar refractivity (Wildman–Crippen MR) is 127 cm³/mol. The molecule has 3 aromatic rings. The number of nitrogens with zero attached hydrogens (tertiary/aromatic N) is 6. The molecule has 0 aliphatic carbocycles. The quantitative estimate of drug-likeness (QED) is 0.119. The van der Waals surface area contributed by atoms with Crippen molar-refractivity contribution in [2.75, 3.05) is 31.2 Å². The zero-order valence-corrected chi connectivity index (χ0v) is 18.5. The number of aromatic nitrogens is 2. The number of para-hydroxylation sites is 1. The van der Waals surface area contributed by atoms with Crippen LogP contribution in [0.4, 0.5) is 10.1 Å². The van der Waals surface area contributed by atoms with Gasteiger partial charge in [0.25, 0.3) is 17.6 Å². The first-order valence-electron chi connectivity index (χ1n) is 10.5. The molecule has 1 fully saturated rings. The van der Waals surface area contributed by atoms with Crippen LogP contribution in [0.15, 0.2) is 52.9 Å². The van der Waals surface area contributed by atoms with E-state index < -0.39 is 23.4 Å². The first-order valence-corrected chi connectivity index (χ1v) is 10.5. The lowest BCUT2D eigenvalue weighted by atomic mass is 10.1. The van der Waals surface area contributed by atoms with Crippen LogP contribution in [0.1, 0.15) is 20.8 Å². The number of hydrazone groups is 2. The fourth-order valence-electron chi connectivity index (χ4n) is 3.94. The number of guanidine groups is 1. The topological polar surface area (TPSA) is 166 Å². The average molecular weight is 479 g/mol. The molecule has 3 heterocycles. The van der Waals surface area contributed by atoms with Crippen molar-refractivity contribution in [3.63, 3.8) is 0 Å². The van der Waals surface area contributed by atoms with Crippen molar-refractivity contribution in [2.24, 2.45) is 21.8 Å². The molecule has 4 rings (SSSR count). The van der Waals surface area contributed by atoms with Crippen molar-refractivity contribution < 1.29 is 18.8 Å². The van der Waals surface area contributed by atoms with Crippen molar-refractivity contribution >= 4 is 46.9 Å². The molecule has 35 heavy (non-hydrogen) atoms. The van der Waals surface area contributed by atoms with Crippen molar-refractivity contribution in [2.45, 2.75) is 0 Å². The van der Waals surface area contributed by atoms with Crippen LogP contribution >= 0.6 is 0 Å². The Morgan fingerprint density at radius 2 is 1.77 bits per heavy atom. The molecule has 0 saturated carbocycles. The van der Waals surface area contributed by atoms with Gasteiger partial charge in [-0.05, 0) is 12.1 Å². The number of anilines is 1. The zero-order chi connectivity index (χ0) is 25.1. The minimum atomic E-state index is -0.920. The van der Waals surface area contributed by atoms with E-state index in [0.717, 1.165) is 6.20 Å². The SMILES string of the molecule is C=NN(/C(=N\N)N1CCN(C(=O)C(=O)c2c[nH]c3c(C(N)=O)ncc(F)c23)CC1)c1ccccc1. The number of carbonyl (C=O) groups is 3. The third-order valence-electron chi connectivity index (χ3n) is 5.63. The van der Waals surface area contributed by atoms with E-state index in [1.54, 1.807) is 0 Å². The monoisotopic (exact) mass is 479 g/mol. The Morgan fingerprint density at radius 3 is 2.37 bits per heavy atom. The maximum atomic E-state index is 14.5. The standard InChI is InChI=1S/C22H22FN9O3/c1-26-32(13-5-3-2-4-6-13)22(29-25)31-9-7-30(8-10-31)21(35)19(33)14-11-27-17-16(14)15(23)12-28-18(17)20(24)34/h2-6,11-12,27H,1,7-10,25H2,(H2,24,34)/b29-22-. The average Bonchev–Trinajstić information content (AvgIpc) is 3.33. The molecule has 1 saturated heterocycles. The Morgan fingerprint density at radius 1 is 1.11 bits per heavy atom. The van der Waals surface area contributed by atoms with E-state index >= 15 is 0 Å². The van der Waals surface area contributed by atoms with Crippen molar-refractivity contribution in [3.8, 4) is 0 Å². The van der Waals surface area contributed by atoms with E-state index in [4.69, 9.17) is 11.6 Å². The highest BCUT2D eigenvalue weighted by Gasteiger charge is 2.32. The van der Waals surface area contributed by atoms with E-state index in [-0.39, 0.29) is 35.2 Å². The van der Waals surface area contributed by atoms with Gasteiger partial charge < -0.3 is 26.4 Å². The highest BCUT2D eigenvalue weighted by molar-refractivity contribution is 6.45. The minimum absolute atomic E-state index is 0.0415. The summed E-state index contributed by atoms with van der Waals surface area (Å²) in [4.78, 5) is 46.9. The maximum Gasteiger partial charge on any atom is 0.295 e. The van der Waals surface area contributed by atoms with Crippen LogP contribution in [0.3, 0.4) is 0 Å². The van der Waals surface area contributed by atoms with Gasteiger partial charge in [-0.25, -0.2) is 9.37 Å². The number of H-pyrrole nitrogens is 1. The largest absolute Gasteiger partial charge is 0.364 e. The lowest BCUT2D eigenvalue weighted by Gasteiger charge is -2.37. The summed E-state index contributed by atoms with van der Waals surface area (Å²) >= 11 is 0. The molecule has 5 N–H and O–H groups in total. The second kappa shape index (κ2) is 9.59. The molecule has 0 atom stereocenters. The Kier molecular flexibility index (Phi) is 6.40. The van der Waals surface area contributed by atoms with Gasteiger partial charge in [0.2, 0.25) is 5.96 Å². The number of fused-ring (bicyclic) bond motifs is 1. The van der Waals surface area contributed by atoms with Gasteiger partial charge in [-0.2, -0.15) is 10.1 Å². The molecule has 1 aliphatic rings. The van der Waals surface area contributed by atoms with Gasteiger partial charge in [-0.1, -0.05) is 18.2 Å². The minimum Gasteiger partial charge on any atom is -0.364 e. The number of aromatic amines is 1. The summed E-state index contributed by atoms with van der Waals surface area (Å²) in [6.45, 7) is 4.57. The Bertz CT molecular complexity index is 1330. The zero-order valence-electron chi connectivity index (χ0n) is 18.5. The number of nitrogens with one attached hydrogen (secondary N) is 1. The Hall–Kier alpha value is -4.81. The lowest BCUT2D eigenvalue weighted by Crippen LogP contribution is -2.55. The molecule has 13 heteroatoms. The summed E-state index contributed by atoms with van der Waals surface area (Å²) in [5.41, 5.74) is 5.50. The lowest BCUT2D eigenvalue weighted by molar-refractivity contribution is -0.127. The number of halogens is 1. The maximum absolute atomic E-state index is 14.5. The van der Waals surface area contributed by atoms with Gasteiger partial charge in [-0.3, -0.25) is 14.4 Å². The third-order valence-corrected chi connectivity index (χ3v) is 5.63. The number of piperazine rings is 1. The third kappa shape index (κ3) is 4.26. The van der Waals surface area contributed by atoms with Crippen LogP contribution in [-0.2, 0) is 4.79 Å². The van der Waals surface area contributed by atoms with Gasteiger partial charge in [0.15, 0.2) is 11.5 Å². The van der Waals surface area contributed by atoms with Crippen LogP contribution in [-0.4, -0.2) is 76.2 Å². The van der Waals surface area contributed by atoms with E-state index in [1.807, 2.05) is 35.2 Å². The Balaban J connectivity index is 1.50. The van der Waals surface area contributed by atoms with Crippen LogP contribution in [0.25, 0.3) is 10.9 Å². The first kappa shape index (κ1) is 23.4. The van der Waals surface area contributed by atoms with Crippen molar-refractivity contribution in [1.82, 2.24) is 19.8 Å². The van der Waals surface area contributed by atoms with Gasteiger partial charge in [0, 0.05) is 39.1 Å². The number of rotatable bonds is 5. The summed E-state index contributed by atoms with van der Waals surface area (Å²) in [6.07, 6.45) is 1.96. The van der Waals surface area contributed by atoms with Gasteiger partial charge in [0.1, 0.15) is 0 Å². The molecule has 0 spiro atoms. The highest BCUT2D eigenvalue weighted by atomic mass is 19.1. The van der Waals surface area contributed by atoms with Crippen molar-refractivity contribution in [1.29, 1.82) is 0 Å². The summed E-state index contributed by atoms with van der Waals surface area (Å²) in [6, 6.07) is 9.16. The number of hydrogen-bond donors (Lipinski definition) is 3. The summed E-state index contributed by atoms with van der Waals surface area (Å²) in [5.74, 6) is 2.48. The van der Waals surface area contributed by atoms with Crippen LogP contribution in [0.5, 0.6) is 0 Å².